The molecule has 0 bridgehead atoms. The minimum Gasteiger partial charge on any atom is -0.462 e. The maximum Gasteiger partial charge on any atom is 0.349 e. The summed E-state index contributed by atoms with van der Waals surface area (Å²) < 4.78 is 7.47. The summed E-state index contributed by atoms with van der Waals surface area (Å²) in [4.78, 5) is 28.5. The van der Waals surface area contributed by atoms with Crippen LogP contribution in [0.15, 0.2) is 45.7 Å². The number of likely N-dealkylation sites (tertiary alicyclic amines) is 1. The van der Waals surface area contributed by atoms with Crippen LogP contribution in [0.4, 0.5) is 0 Å². The molecule has 28 heavy (non-hydrogen) atoms. The van der Waals surface area contributed by atoms with Gasteiger partial charge in [-0.05, 0) is 72.5 Å². The SMILES string of the molecule is CCOC(=O)c1sc2c(ccc(=O)n2-c2ccc(CN3CCCC3)cc2)c1Br. The maximum absolute atomic E-state index is 12.6. The molecule has 1 saturated heterocycles. The summed E-state index contributed by atoms with van der Waals surface area (Å²) in [7, 11) is 0. The van der Waals surface area contributed by atoms with E-state index in [-0.39, 0.29) is 11.5 Å². The lowest BCUT2D eigenvalue weighted by molar-refractivity contribution is 0.0531. The van der Waals surface area contributed by atoms with Gasteiger partial charge in [0.1, 0.15) is 9.71 Å². The molecule has 3 heterocycles. The molecule has 7 heteroatoms. The Morgan fingerprint density at radius 3 is 2.54 bits per heavy atom. The van der Waals surface area contributed by atoms with E-state index in [9.17, 15) is 9.59 Å². The van der Waals surface area contributed by atoms with E-state index in [2.05, 4.69) is 33.0 Å². The number of hydrogen-bond acceptors (Lipinski definition) is 5. The van der Waals surface area contributed by atoms with Gasteiger partial charge in [-0.15, -0.1) is 11.3 Å². The van der Waals surface area contributed by atoms with Gasteiger partial charge in [-0.2, -0.15) is 0 Å². The molecule has 0 saturated carbocycles. The highest BCUT2D eigenvalue weighted by Gasteiger charge is 2.21. The first-order chi connectivity index (χ1) is 13.6. The highest BCUT2D eigenvalue weighted by molar-refractivity contribution is 9.10. The Balaban J connectivity index is 1.73. The first kappa shape index (κ1) is 19.4. The predicted molar refractivity (Wildman–Crippen MR) is 116 cm³/mol. The van der Waals surface area contributed by atoms with Gasteiger partial charge >= 0.3 is 5.97 Å². The van der Waals surface area contributed by atoms with Gasteiger partial charge in [0.25, 0.3) is 5.56 Å². The molecular weight excluding hydrogens is 440 g/mol. The van der Waals surface area contributed by atoms with Gasteiger partial charge in [-0.3, -0.25) is 14.3 Å². The zero-order valence-electron chi connectivity index (χ0n) is 15.6. The summed E-state index contributed by atoms with van der Waals surface area (Å²) in [6, 6.07) is 11.4. The average molecular weight is 461 g/mol. The molecule has 146 valence electrons. The summed E-state index contributed by atoms with van der Waals surface area (Å²) >= 11 is 4.77. The van der Waals surface area contributed by atoms with Crippen LogP contribution in [-0.2, 0) is 11.3 Å². The molecule has 4 rings (SSSR count). The fourth-order valence-corrected chi connectivity index (χ4v) is 5.53. The molecule has 3 aromatic rings. The van der Waals surface area contributed by atoms with E-state index < -0.39 is 0 Å². The topological polar surface area (TPSA) is 51.5 Å². The van der Waals surface area contributed by atoms with Crippen molar-refractivity contribution in [1.82, 2.24) is 9.47 Å². The molecule has 0 radical (unpaired) electrons. The number of pyridine rings is 1. The monoisotopic (exact) mass is 460 g/mol. The van der Waals surface area contributed by atoms with E-state index in [0.717, 1.165) is 35.5 Å². The van der Waals surface area contributed by atoms with Gasteiger partial charge in [-0.25, -0.2) is 4.79 Å². The summed E-state index contributed by atoms with van der Waals surface area (Å²) in [5, 5.41) is 0.828. The third-order valence-corrected chi connectivity index (χ3v) is 7.20. The summed E-state index contributed by atoms with van der Waals surface area (Å²) in [5.74, 6) is -0.379. The number of halogens is 1. The Morgan fingerprint density at radius 2 is 1.86 bits per heavy atom. The number of aromatic nitrogens is 1. The summed E-state index contributed by atoms with van der Waals surface area (Å²) in [5.41, 5.74) is 1.92. The quantitative estimate of drug-likeness (QED) is 0.522. The molecule has 1 aliphatic heterocycles. The van der Waals surface area contributed by atoms with Crippen LogP contribution in [0.3, 0.4) is 0 Å². The van der Waals surface area contributed by atoms with Crippen molar-refractivity contribution in [2.45, 2.75) is 26.3 Å². The van der Waals surface area contributed by atoms with Gasteiger partial charge in [0.15, 0.2) is 0 Å². The maximum atomic E-state index is 12.6. The number of benzene rings is 1. The number of esters is 1. The molecule has 5 nitrogen and oxygen atoms in total. The Kier molecular flexibility index (Phi) is 5.66. The van der Waals surface area contributed by atoms with Crippen LogP contribution >= 0.6 is 27.3 Å². The van der Waals surface area contributed by atoms with Gasteiger partial charge in [0.05, 0.1) is 16.8 Å². The molecule has 0 aliphatic carbocycles. The van der Waals surface area contributed by atoms with E-state index in [1.54, 1.807) is 17.6 Å². The molecule has 0 amide bonds. The first-order valence-electron chi connectivity index (χ1n) is 9.41. The lowest BCUT2D eigenvalue weighted by Crippen LogP contribution is -2.19. The minimum atomic E-state index is -0.379. The van der Waals surface area contributed by atoms with Crippen LogP contribution in [0, 0.1) is 0 Å². The number of carbonyl (C=O) groups excluding carboxylic acids is 1. The lowest BCUT2D eigenvalue weighted by atomic mass is 10.2. The smallest absolute Gasteiger partial charge is 0.349 e. The van der Waals surface area contributed by atoms with E-state index >= 15 is 0 Å². The van der Waals surface area contributed by atoms with Crippen molar-refractivity contribution in [1.29, 1.82) is 0 Å². The van der Waals surface area contributed by atoms with Crippen LogP contribution < -0.4 is 5.56 Å². The molecule has 2 aromatic heterocycles. The standard InChI is InChI=1S/C21H21BrN2O3S/c1-2-27-21(26)19-18(22)16-9-10-17(25)24(20(16)28-19)15-7-5-14(6-8-15)13-23-11-3-4-12-23/h5-10H,2-4,11-13H2,1H3. The molecule has 1 aliphatic rings. The van der Waals surface area contributed by atoms with Crippen molar-refractivity contribution in [3.05, 3.63) is 61.7 Å². The predicted octanol–water partition coefficient (Wildman–Crippen LogP) is 4.59. The van der Waals surface area contributed by atoms with E-state index in [1.165, 1.54) is 35.8 Å². The second kappa shape index (κ2) is 8.19. The zero-order valence-corrected chi connectivity index (χ0v) is 18.0. The van der Waals surface area contributed by atoms with Gasteiger partial charge in [0.2, 0.25) is 0 Å². The van der Waals surface area contributed by atoms with Crippen LogP contribution in [-0.4, -0.2) is 35.1 Å². The summed E-state index contributed by atoms with van der Waals surface area (Å²) in [6.45, 7) is 5.33. The minimum absolute atomic E-state index is 0.121. The van der Waals surface area contributed by atoms with Gasteiger partial charge < -0.3 is 4.74 Å². The third-order valence-electron chi connectivity index (χ3n) is 4.94. The van der Waals surface area contributed by atoms with Crippen LogP contribution in [0.25, 0.3) is 15.9 Å². The molecule has 0 spiro atoms. The number of hydrogen-bond donors (Lipinski definition) is 0. The molecule has 1 aromatic carbocycles. The molecule has 1 fully saturated rings. The third kappa shape index (κ3) is 3.66. The van der Waals surface area contributed by atoms with Crippen molar-refractivity contribution in [3.63, 3.8) is 0 Å². The van der Waals surface area contributed by atoms with E-state index in [0.29, 0.717) is 16.0 Å². The number of ether oxygens (including phenoxy) is 1. The second-order valence-electron chi connectivity index (χ2n) is 6.84. The average Bonchev–Trinajstić information content (AvgIpc) is 3.31. The van der Waals surface area contributed by atoms with Gasteiger partial charge in [0, 0.05) is 18.0 Å². The highest BCUT2D eigenvalue weighted by Crippen LogP contribution is 2.36. The fraction of sp³-hybridized carbons (Fsp3) is 0.333. The van der Waals surface area contributed by atoms with Crippen molar-refractivity contribution in [2.24, 2.45) is 0 Å². The number of nitrogens with zero attached hydrogens (tertiary/aromatic N) is 2. The normalized spacial score (nSPS) is 14.6. The van der Waals surface area contributed by atoms with Crippen LogP contribution in [0.2, 0.25) is 0 Å². The first-order valence-corrected chi connectivity index (χ1v) is 11.0. The van der Waals surface area contributed by atoms with Gasteiger partial charge in [-0.1, -0.05) is 12.1 Å². The largest absolute Gasteiger partial charge is 0.462 e. The fourth-order valence-electron chi connectivity index (χ4n) is 3.57. The Bertz CT molecular complexity index is 1070. The Hall–Kier alpha value is -1.96. The van der Waals surface area contributed by atoms with Crippen molar-refractivity contribution in [3.8, 4) is 5.69 Å². The van der Waals surface area contributed by atoms with Crippen molar-refractivity contribution in [2.75, 3.05) is 19.7 Å². The molecule has 0 N–H and O–H groups in total. The van der Waals surface area contributed by atoms with E-state index in [4.69, 9.17) is 4.74 Å². The second-order valence-corrected chi connectivity index (χ2v) is 8.63. The molecule has 0 atom stereocenters. The molecule has 0 unspecified atom stereocenters. The van der Waals surface area contributed by atoms with Crippen LogP contribution in [0.1, 0.15) is 35.0 Å². The van der Waals surface area contributed by atoms with Crippen molar-refractivity contribution < 1.29 is 9.53 Å². The van der Waals surface area contributed by atoms with Crippen LogP contribution in [0.5, 0.6) is 0 Å². The Morgan fingerprint density at radius 1 is 1.14 bits per heavy atom. The number of rotatable bonds is 5. The zero-order chi connectivity index (χ0) is 19.7. The molecular formula is C21H21BrN2O3S. The number of carbonyl (C=O) groups is 1. The lowest BCUT2D eigenvalue weighted by Gasteiger charge is -2.15. The van der Waals surface area contributed by atoms with Crippen molar-refractivity contribution >= 4 is 43.5 Å². The highest BCUT2D eigenvalue weighted by atomic mass is 79.9. The number of thiophene rings is 1. The number of fused-ring (bicyclic) bond motifs is 1. The summed E-state index contributed by atoms with van der Waals surface area (Å²) in [6.07, 6.45) is 2.54. The van der Waals surface area contributed by atoms with E-state index in [1.807, 2.05) is 12.1 Å². The Labute approximate surface area is 175 Å².